The topological polar surface area (TPSA) is 90.5 Å². The number of nitrogens with one attached hydrogen (secondary N) is 2. The van der Waals surface area contributed by atoms with Gasteiger partial charge in [0.2, 0.25) is 10.9 Å². The Balaban J connectivity index is 1.38. The molecule has 0 unspecified atom stereocenters. The van der Waals surface area contributed by atoms with Crippen molar-refractivity contribution in [2.45, 2.75) is 32.9 Å². The van der Waals surface area contributed by atoms with Crippen LogP contribution in [0.4, 0.5) is 4.39 Å². The Morgan fingerprint density at radius 3 is 2.48 bits per heavy atom. The molecule has 0 atom stereocenters. The molecule has 1 aromatic heterocycles. The maximum atomic E-state index is 13.0. The molecule has 2 N–H and O–H groups in total. The van der Waals surface area contributed by atoms with Crippen molar-refractivity contribution in [1.82, 2.24) is 30.6 Å². The molecule has 8 nitrogen and oxygen atoms in total. The Kier molecular flexibility index (Phi) is 8.86. The lowest BCUT2D eigenvalue weighted by atomic mass is 10.2. The summed E-state index contributed by atoms with van der Waals surface area (Å²) in [5.41, 5.74) is 0.816. The maximum Gasteiger partial charge on any atom is 0.282 e. The number of piperazine rings is 1. The highest BCUT2D eigenvalue weighted by molar-refractivity contribution is 7.13. The van der Waals surface area contributed by atoms with E-state index < -0.39 is 0 Å². The average molecular weight is 449 g/mol. The lowest BCUT2D eigenvalue weighted by molar-refractivity contribution is -0.122. The van der Waals surface area contributed by atoms with Gasteiger partial charge in [-0.25, -0.2) is 4.39 Å². The third kappa shape index (κ3) is 7.64. The van der Waals surface area contributed by atoms with Crippen LogP contribution in [0.2, 0.25) is 0 Å². The monoisotopic (exact) mass is 448 g/mol. The summed E-state index contributed by atoms with van der Waals surface area (Å²) in [6.07, 6.45) is 2.08. The SMILES string of the molecule is CCCCNC(=O)CN1CCN(Cc2nnc(C(=O)NCc3ccc(F)cc3)s2)CC1. The van der Waals surface area contributed by atoms with Crippen LogP contribution in [0.1, 0.15) is 40.1 Å². The summed E-state index contributed by atoms with van der Waals surface area (Å²) in [7, 11) is 0. The van der Waals surface area contributed by atoms with Crippen molar-refractivity contribution in [3.8, 4) is 0 Å². The average Bonchev–Trinajstić information content (AvgIpc) is 3.23. The molecule has 0 radical (unpaired) electrons. The molecule has 1 saturated heterocycles. The molecule has 0 bridgehead atoms. The van der Waals surface area contributed by atoms with Crippen LogP contribution in [0.25, 0.3) is 0 Å². The number of nitrogens with zero attached hydrogens (tertiary/aromatic N) is 4. The molecule has 2 aromatic rings. The second-order valence-corrected chi connectivity index (χ2v) is 8.63. The number of unbranched alkanes of at least 4 members (excludes halogenated alkanes) is 1. The van der Waals surface area contributed by atoms with E-state index in [9.17, 15) is 14.0 Å². The summed E-state index contributed by atoms with van der Waals surface area (Å²) in [4.78, 5) is 28.7. The van der Waals surface area contributed by atoms with Crippen molar-refractivity contribution >= 4 is 23.2 Å². The molecule has 0 aliphatic carbocycles. The van der Waals surface area contributed by atoms with Crippen LogP contribution in [0.5, 0.6) is 0 Å². The van der Waals surface area contributed by atoms with E-state index in [2.05, 4.69) is 37.6 Å². The van der Waals surface area contributed by atoms with Crippen LogP contribution in [-0.4, -0.2) is 71.1 Å². The van der Waals surface area contributed by atoms with Crippen LogP contribution in [0.15, 0.2) is 24.3 Å². The fourth-order valence-electron chi connectivity index (χ4n) is 3.23. The fraction of sp³-hybridized carbons (Fsp3) is 0.524. The quantitative estimate of drug-likeness (QED) is 0.537. The third-order valence-electron chi connectivity index (χ3n) is 5.07. The molecule has 31 heavy (non-hydrogen) atoms. The standard InChI is InChI=1S/C21H29FN6O2S/c1-2-3-8-23-18(29)14-27-9-11-28(12-10-27)15-19-25-26-21(31-19)20(30)24-13-16-4-6-17(22)7-5-16/h4-7H,2-3,8-15H2,1H3,(H,23,29)(H,24,30). The van der Waals surface area contributed by atoms with Gasteiger partial charge < -0.3 is 10.6 Å². The van der Waals surface area contributed by atoms with Crippen LogP contribution in [0, 0.1) is 5.82 Å². The lowest BCUT2D eigenvalue weighted by Crippen LogP contribution is -2.49. The predicted molar refractivity (Wildman–Crippen MR) is 117 cm³/mol. The van der Waals surface area contributed by atoms with Gasteiger partial charge in [0.15, 0.2) is 0 Å². The molecule has 0 spiro atoms. The number of benzene rings is 1. The minimum atomic E-state index is -0.306. The van der Waals surface area contributed by atoms with E-state index in [1.54, 1.807) is 12.1 Å². The maximum absolute atomic E-state index is 13.0. The Labute approximate surface area is 185 Å². The van der Waals surface area contributed by atoms with Gasteiger partial charge in [0, 0.05) is 39.3 Å². The van der Waals surface area contributed by atoms with Gasteiger partial charge in [0.1, 0.15) is 10.8 Å². The van der Waals surface area contributed by atoms with Gasteiger partial charge in [0.25, 0.3) is 5.91 Å². The van der Waals surface area contributed by atoms with Crippen LogP contribution >= 0.6 is 11.3 Å². The highest BCUT2D eigenvalue weighted by Crippen LogP contribution is 2.14. The van der Waals surface area contributed by atoms with E-state index in [4.69, 9.17) is 0 Å². The molecular formula is C21H29FN6O2S. The predicted octanol–water partition coefficient (Wildman–Crippen LogP) is 1.64. The molecule has 1 fully saturated rings. The molecule has 1 aliphatic rings. The Morgan fingerprint density at radius 1 is 1.06 bits per heavy atom. The largest absolute Gasteiger partial charge is 0.355 e. The van der Waals surface area contributed by atoms with Gasteiger partial charge in [0.05, 0.1) is 13.1 Å². The van der Waals surface area contributed by atoms with Gasteiger partial charge >= 0.3 is 0 Å². The van der Waals surface area contributed by atoms with Crippen molar-refractivity contribution in [3.05, 3.63) is 45.7 Å². The molecule has 2 amide bonds. The van der Waals surface area contributed by atoms with Crippen molar-refractivity contribution in [3.63, 3.8) is 0 Å². The molecule has 3 rings (SSSR count). The summed E-state index contributed by atoms with van der Waals surface area (Å²) in [5.74, 6) is -0.505. The second kappa shape index (κ2) is 11.8. The van der Waals surface area contributed by atoms with E-state index in [0.717, 1.165) is 56.1 Å². The zero-order valence-electron chi connectivity index (χ0n) is 17.8. The second-order valence-electron chi connectivity index (χ2n) is 7.57. The van der Waals surface area contributed by atoms with E-state index in [1.807, 2.05) is 0 Å². The van der Waals surface area contributed by atoms with Crippen LogP contribution < -0.4 is 10.6 Å². The highest BCUT2D eigenvalue weighted by atomic mass is 32.1. The number of halogens is 1. The van der Waals surface area contributed by atoms with E-state index in [1.165, 1.54) is 23.5 Å². The molecule has 168 valence electrons. The number of amides is 2. The first-order valence-corrected chi connectivity index (χ1v) is 11.4. The molecule has 1 aliphatic heterocycles. The van der Waals surface area contributed by atoms with Gasteiger partial charge in [-0.15, -0.1) is 10.2 Å². The van der Waals surface area contributed by atoms with E-state index >= 15 is 0 Å². The number of carbonyl (C=O) groups is 2. The zero-order valence-corrected chi connectivity index (χ0v) is 18.6. The Bertz CT molecular complexity index is 852. The molecule has 0 saturated carbocycles. The van der Waals surface area contributed by atoms with E-state index in [0.29, 0.717) is 24.6 Å². The fourth-order valence-corrected chi connectivity index (χ4v) is 4.03. The number of rotatable bonds is 10. The van der Waals surface area contributed by atoms with Crippen molar-refractivity contribution in [2.75, 3.05) is 39.3 Å². The third-order valence-corrected chi connectivity index (χ3v) is 5.98. The lowest BCUT2D eigenvalue weighted by Gasteiger charge is -2.33. The highest BCUT2D eigenvalue weighted by Gasteiger charge is 2.21. The van der Waals surface area contributed by atoms with Gasteiger partial charge in [-0.1, -0.05) is 36.8 Å². The number of hydrogen-bond acceptors (Lipinski definition) is 7. The first-order chi connectivity index (χ1) is 15.0. The molecular weight excluding hydrogens is 419 g/mol. The smallest absolute Gasteiger partial charge is 0.282 e. The van der Waals surface area contributed by atoms with Crippen molar-refractivity contribution in [2.24, 2.45) is 0 Å². The first-order valence-electron chi connectivity index (χ1n) is 10.6. The van der Waals surface area contributed by atoms with Gasteiger partial charge in [-0.3, -0.25) is 19.4 Å². The van der Waals surface area contributed by atoms with E-state index in [-0.39, 0.29) is 17.6 Å². The van der Waals surface area contributed by atoms with Crippen molar-refractivity contribution < 1.29 is 14.0 Å². The molecule has 1 aromatic carbocycles. The molecule has 10 heteroatoms. The summed E-state index contributed by atoms with van der Waals surface area (Å²) >= 11 is 1.28. The minimum absolute atomic E-state index is 0.0855. The number of hydrogen-bond donors (Lipinski definition) is 2. The minimum Gasteiger partial charge on any atom is -0.355 e. The Morgan fingerprint density at radius 2 is 1.77 bits per heavy atom. The Hall–Kier alpha value is -2.43. The summed E-state index contributed by atoms with van der Waals surface area (Å²) in [5, 5.41) is 15.0. The van der Waals surface area contributed by atoms with Gasteiger partial charge in [-0.2, -0.15) is 0 Å². The summed E-state index contributed by atoms with van der Waals surface area (Å²) < 4.78 is 13.0. The van der Waals surface area contributed by atoms with Crippen molar-refractivity contribution in [1.29, 1.82) is 0 Å². The van der Waals surface area contributed by atoms with Crippen LogP contribution in [0.3, 0.4) is 0 Å². The first kappa shape index (κ1) is 23.2. The number of aromatic nitrogens is 2. The molecule has 2 heterocycles. The summed E-state index contributed by atoms with van der Waals surface area (Å²) in [6, 6.07) is 6.00. The van der Waals surface area contributed by atoms with Gasteiger partial charge in [-0.05, 0) is 24.1 Å². The summed E-state index contributed by atoms with van der Waals surface area (Å²) in [6.45, 7) is 7.56. The number of carbonyl (C=O) groups excluding carboxylic acids is 2. The normalized spacial score (nSPS) is 15.0. The zero-order chi connectivity index (χ0) is 22.1. The van der Waals surface area contributed by atoms with Crippen LogP contribution in [-0.2, 0) is 17.9 Å².